The van der Waals surface area contributed by atoms with Crippen LogP contribution in [-0.4, -0.2) is 0 Å². The van der Waals surface area contributed by atoms with Gasteiger partial charge in [-0.3, -0.25) is 0 Å². The van der Waals surface area contributed by atoms with Crippen molar-refractivity contribution in [1.82, 2.24) is 0 Å². The molecule has 0 unspecified atom stereocenters. The first-order chi connectivity index (χ1) is 5.18. The van der Waals surface area contributed by atoms with E-state index in [2.05, 4.69) is 0 Å². The summed E-state index contributed by atoms with van der Waals surface area (Å²) in [6.07, 6.45) is 1.88. The van der Waals surface area contributed by atoms with Gasteiger partial charge in [-0.1, -0.05) is 23.7 Å². The molecule has 0 atom stereocenters. The van der Waals surface area contributed by atoms with Crippen LogP contribution in [0.4, 0.5) is 0 Å². The van der Waals surface area contributed by atoms with E-state index in [1.54, 1.807) is 0 Å². The molecule has 11 heavy (non-hydrogen) atoms. The zero-order valence-corrected chi connectivity index (χ0v) is 7.10. The van der Waals surface area contributed by atoms with Gasteiger partial charge in [0, 0.05) is 10.7 Å². The zero-order valence-electron chi connectivity index (χ0n) is 6.34. The van der Waals surface area contributed by atoms with E-state index in [9.17, 15) is 0 Å². The van der Waals surface area contributed by atoms with Crippen molar-refractivity contribution in [2.24, 2.45) is 5.73 Å². The zero-order chi connectivity index (χ0) is 8.27. The summed E-state index contributed by atoms with van der Waals surface area (Å²) >= 11 is 5.76. The molecule has 0 aliphatic heterocycles. The molecular formula is C9H10ClN. The van der Waals surface area contributed by atoms with E-state index in [-0.39, 0.29) is 0 Å². The third kappa shape index (κ3) is 2.64. The Morgan fingerprint density at radius 2 is 2.27 bits per heavy atom. The number of hydrogen-bond acceptors (Lipinski definition) is 1. The van der Waals surface area contributed by atoms with Gasteiger partial charge in [0.15, 0.2) is 0 Å². The van der Waals surface area contributed by atoms with Crippen molar-refractivity contribution in [3.05, 3.63) is 40.5 Å². The SMILES string of the molecule is C/C(N)=C/c1cccc(Cl)c1. The van der Waals surface area contributed by atoms with Crippen molar-refractivity contribution in [3.8, 4) is 0 Å². The van der Waals surface area contributed by atoms with Gasteiger partial charge < -0.3 is 5.73 Å². The standard InChI is InChI=1S/C9H10ClN/c1-7(11)5-8-3-2-4-9(10)6-8/h2-6H,11H2,1H3/b7-5-. The summed E-state index contributed by atoms with van der Waals surface area (Å²) in [7, 11) is 0. The Morgan fingerprint density at radius 3 is 2.82 bits per heavy atom. The van der Waals surface area contributed by atoms with Crippen molar-refractivity contribution in [1.29, 1.82) is 0 Å². The van der Waals surface area contributed by atoms with Crippen LogP contribution in [0.5, 0.6) is 0 Å². The van der Waals surface area contributed by atoms with Crippen molar-refractivity contribution in [2.45, 2.75) is 6.92 Å². The quantitative estimate of drug-likeness (QED) is 0.684. The van der Waals surface area contributed by atoms with Crippen molar-refractivity contribution in [3.63, 3.8) is 0 Å². The maximum atomic E-state index is 5.76. The number of nitrogens with two attached hydrogens (primary N) is 1. The lowest BCUT2D eigenvalue weighted by Gasteiger charge is -1.94. The summed E-state index contributed by atoms with van der Waals surface area (Å²) in [5.74, 6) is 0. The Balaban J connectivity index is 2.97. The molecule has 1 aromatic carbocycles. The van der Waals surface area contributed by atoms with E-state index < -0.39 is 0 Å². The van der Waals surface area contributed by atoms with Gasteiger partial charge in [0.05, 0.1) is 0 Å². The van der Waals surface area contributed by atoms with E-state index in [4.69, 9.17) is 17.3 Å². The Morgan fingerprint density at radius 1 is 1.55 bits per heavy atom. The third-order valence-corrected chi connectivity index (χ3v) is 1.48. The van der Waals surface area contributed by atoms with Crippen LogP contribution in [0.2, 0.25) is 5.02 Å². The molecule has 0 aliphatic rings. The first-order valence-corrected chi connectivity index (χ1v) is 3.75. The Hall–Kier alpha value is -0.950. The van der Waals surface area contributed by atoms with Crippen LogP contribution in [0.1, 0.15) is 12.5 Å². The van der Waals surface area contributed by atoms with Crippen molar-refractivity contribution < 1.29 is 0 Å². The van der Waals surface area contributed by atoms with Gasteiger partial charge in [0.1, 0.15) is 0 Å². The molecule has 0 amide bonds. The fraction of sp³-hybridized carbons (Fsp3) is 0.111. The van der Waals surface area contributed by atoms with E-state index in [0.29, 0.717) is 0 Å². The number of allylic oxidation sites excluding steroid dienone is 1. The third-order valence-electron chi connectivity index (χ3n) is 1.24. The molecule has 58 valence electrons. The van der Waals surface area contributed by atoms with E-state index >= 15 is 0 Å². The van der Waals surface area contributed by atoms with Gasteiger partial charge in [-0.25, -0.2) is 0 Å². The molecular weight excluding hydrogens is 158 g/mol. The molecule has 0 aliphatic carbocycles. The lowest BCUT2D eigenvalue weighted by Crippen LogP contribution is -1.88. The number of hydrogen-bond donors (Lipinski definition) is 1. The Bertz CT molecular complexity index is 275. The molecule has 1 nitrogen and oxygen atoms in total. The molecule has 1 aromatic rings. The molecule has 1 rings (SSSR count). The molecule has 0 radical (unpaired) electrons. The first-order valence-electron chi connectivity index (χ1n) is 3.38. The largest absolute Gasteiger partial charge is 0.402 e. The van der Waals surface area contributed by atoms with Crippen molar-refractivity contribution >= 4 is 17.7 Å². The highest BCUT2D eigenvalue weighted by Crippen LogP contribution is 2.12. The summed E-state index contributed by atoms with van der Waals surface area (Å²) in [5, 5.41) is 0.736. The smallest absolute Gasteiger partial charge is 0.0411 e. The van der Waals surface area contributed by atoms with Gasteiger partial charge in [-0.15, -0.1) is 0 Å². The highest BCUT2D eigenvalue weighted by Gasteiger charge is 1.88. The minimum absolute atomic E-state index is 0.736. The second-order valence-corrected chi connectivity index (χ2v) is 2.88. The molecule has 0 spiro atoms. The van der Waals surface area contributed by atoms with Gasteiger partial charge in [-0.2, -0.15) is 0 Å². The van der Waals surface area contributed by atoms with Crippen LogP contribution in [0.25, 0.3) is 6.08 Å². The Kier molecular flexibility index (Phi) is 2.55. The van der Waals surface area contributed by atoms with Crippen molar-refractivity contribution in [2.75, 3.05) is 0 Å². The molecule has 2 N–H and O–H groups in total. The van der Waals surface area contributed by atoms with Crippen LogP contribution in [-0.2, 0) is 0 Å². The van der Waals surface area contributed by atoms with Gasteiger partial charge in [0.25, 0.3) is 0 Å². The molecule has 0 aromatic heterocycles. The lowest BCUT2D eigenvalue weighted by atomic mass is 10.2. The number of rotatable bonds is 1. The van der Waals surface area contributed by atoms with Crippen LogP contribution >= 0.6 is 11.6 Å². The number of halogens is 1. The maximum Gasteiger partial charge on any atom is 0.0411 e. The van der Waals surface area contributed by atoms with E-state index in [0.717, 1.165) is 16.3 Å². The summed E-state index contributed by atoms with van der Waals surface area (Å²) in [4.78, 5) is 0. The van der Waals surface area contributed by atoms with Crippen LogP contribution in [0, 0.1) is 0 Å². The molecule has 0 heterocycles. The summed E-state index contributed by atoms with van der Waals surface area (Å²) in [6.45, 7) is 1.85. The highest BCUT2D eigenvalue weighted by atomic mass is 35.5. The summed E-state index contributed by atoms with van der Waals surface area (Å²) in [6, 6.07) is 7.57. The fourth-order valence-corrected chi connectivity index (χ4v) is 1.06. The topological polar surface area (TPSA) is 26.0 Å². The van der Waals surface area contributed by atoms with Gasteiger partial charge in [-0.05, 0) is 30.7 Å². The summed E-state index contributed by atoms with van der Waals surface area (Å²) in [5.41, 5.74) is 7.32. The van der Waals surface area contributed by atoms with Gasteiger partial charge >= 0.3 is 0 Å². The molecule has 0 fully saturated rings. The molecule has 0 saturated carbocycles. The minimum Gasteiger partial charge on any atom is -0.402 e. The molecule has 0 saturated heterocycles. The van der Waals surface area contributed by atoms with E-state index in [1.165, 1.54) is 0 Å². The van der Waals surface area contributed by atoms with Crippen LogP contribution in [0.15, 0.2) is 30.0 Å². The molecule has 0 bridgehead atoms. The average molecular weight is 168 g/mol. The number of benzene rings is 1. The second kappa shape index (κ2) is 3.44. The van der Waals surface area contributed by atoms with Crippen LogP contribution in [0.3, 0.4) is 0 Å². The normalized spacial score (nSPS) is 11.6. The lowest BCUT2D eigenvalue weighted by molar-refractivity contribution is 1.34. The van der Waals surface area contributed by atoms with Gasteiger partial charge in [0.2, 0.25) is 0 Å². The monoisotopic (exact) mass is 167 g/mol. The predicted molar refractivity (Wildman–Crippen MR) is 49.3 cm³/mol. The fourth-order valence-electron chi connectivity index (χ4n) is 0.859. The van der Waals surface area contributed by atoms with Crippen LogP contribution < -0.4 is 5.73 Å². The average Bonchev–Trinajstić information content (AvgIpc) is 1.85. The van der Waals surface area contributed by atoms with E-state index in [1.807, 2.05) is 37.3 Å². The minimum atomic E-state index is 0.736. The first kappa shape index (κ1) is 8.15. The molecule has 2 heteroatoms. The second-order valence-electron chi connectivity index (χ2n) is 2.44. The summed E-state index contributed by atoms with van der Waals surface area (Å²) < 4.78 is 0. The maximum absolute atomic E-state index is 5.76. The predicted octanol–water partition coefficient (Wildman–Crippen LogP) is 2.66. The highest BCUT2D eigenvalue weighted by molar-refractivity contribution is 6.30. The Labute approximate surface area is 71.5 Å².